The van der Waals surface area contributed by atoms with Gasteiger partial charge in [0.25, 0.3) is 0 Å². The van der Waals surface area contributed by atoms with Crippen molar-refractivity contribution in [2.75, 3.05) is 13.2 Å². The molecule has 1 heterocycles. The molecule has 1 saturated heterocycles. The SMILES string of the molecule is CCOC(=O)C(C)N1CCC[C@@H]1C(C)=O. The molecule has 1 fully saturated rings. The van der Waals surface area contributed by atoms with Gasteiger partial charge in [-0.3, -0.25) is 14.5 Å². The van der Waals surface area contributed by atoms with E-state index in [2.05, 4.69) is 0 Å². The first-order valence-electron chi connectivity index (χ1n) is 5.50. The van der Waals surface area contributed by atoms with Crippen LogP contribution in [0.4, 0.5) is 0 Å². The Morgan fingerprint density at radius 3 is 2.73 bits per heavy atom. The van der Waals surface area contributed by atoms with Crippen molar-refractivity contribution < 1.29 is 14.3 Å². The third-order valence-corrected chi connectivity index (χ3v) is 2.89. The number of ketones is 1. The van der Waals surface area contributed by atoms with Gasteiger partial charge in [-0.15, -0.1) is 0 Å². The average molecular weight is 213 g/mol. The van der Waals surface area contributed by atoms with Crippen molar-refractivity contribution in [1.82, 2.24) is 4.90 Å². The zero-order valence-corrected chi connectivity index (χ0v) is 9.66. The number of Topliss-reactive ketones (excluding diaryl/α,β-unsaturated/α-hetero) is 1. The molecule has 0 aromatic carbocycles. The lowest BCUT2D eigenvalue weighted by atomic mass is 10.1. The van der Waals surface area contributed by atoms with Crippen molar-refractivity contribution in [3.05, 3.63) is 0 Å². The smallest absolute Gasteiger partial charge is 0.323 e. The number of rotatable bonds is 4. The summed E-state index contributed by atoms with van der Waals surface area (Å²) in [6.07, 6.45) is 1.84. The minimum atomic E-state index is -0.304. The summed E-state index contributed by atoms with van der Waals surface area (Å²) in [5.74, 6) is -0.0886. The van der Waals surface area contributed by atoms with Gasteiger partial charge in [0.2, 0.25) is 0 Å². The van der Waals surface area contributed by atoms with Gasteiger partial charge in [-0.25, -0.2) is 0 Å². The van der Waals surface area contributed by atoms with Gasteiger partial charge in [-0.05, 0) is 40.2 Å². The van der Waals surface area contributed by atoms with Crippen LogP contribution in [0.1, 0.15) is 33.6 Å². The Balaban J connectivity index is 2.61. The molecule has 4 heteroatoms. The van der Waals surface area contributed by atoms with Crippen molar-refractivity contribution >= 4 is 11.8 Å². The lowest BCUT2D eigenvalue weighted by molar-refractivity contribution is -0.149. The maximum atomic E-state index is 11.5. The standard InChI is InChI=1S/C11H19NO3/c1-4-15-11(14)8(2)12-7-5-6-10(12)9(3)13/h8,10H,4-7H2,1-3H3/t8?,10-/m1/s1. The minimum Gasteiger partial charge on any atom is -0.465 e. The van der Waals surface area contributed by atoms with Crippen LogP contribution in [0.3, 0.4) is 0 Å². The van der Waals surface area contributed by atoms with Gasteiger partial charge >= 0.3 is 5.97 Å². The van der Waals surface area contributed by atoms with Crippen LogP contribution in [0.2, 0.25) is 0 Å². The topological polar surface area (TPSA) is 46.6 Å². The van der Waals surface area contributed by atoms with Gasteiger partial charge in [0.05, 0.1) is 12.6 Å². The van der Waals surface area contributed by atoms with Crippen LogP contribution in [0.5, 0.6) is 0 Å². The molecule has 1 unspecified atom stereocenters. The first-order chi connectivity index (χ1) is 7.07. The zero-order chi connectivity index (χ0) is 11.4. The lowest BCUT2D eigenvalue weighted by Crippen LogP contribution is -2.45. The van der Waals surface area contributed by atoms with E-state index in [9.17, 15) is 9.59 Å². The Bertz CT molecular complexity index is 252. The Labute approximate surface area is 90.6 Å². The Morgan fingerprint density at radius 1 is 1.53 bits per heavy atom. The van der Waals surface area contributed by atoms with Crippen LogP contribution in [0.25, 0.3) is 0 Å². The van der Waals surface area contributed by atoms with E-state index in [4.69, 9.17) is 4.74 Å². The van der Waals surface area contributed by atoms with Crippen molar-refractivity contribution in [3.8, 4) is 0 Å². The number of hydrogen-bond acceptors (Lipinski definition) is 4. The fourth-order valence-electron chi connectivity index (χ4n) is 2.09. The summed E-state index contributed by atoms with van der Waals surface area (Å²) in [5, 5.41) is 0. The minimum absolute atomic E-state index is 0.0931. The Hall–Kier alpha value is -0.900. The predicted octanol–water partition coefficient (Wildman–Crippen LogP) is 0.991. The van der Waals surface area contributed by atoms with Gasteiger partial charge in [-0.1, -0.05) is 0 Å². The molecule has 0 saturated carbocycles. The van der Waals surface area contributed by atoms with Gasteiger partial charge < -0.3 is 4.74 Å². The third-order valence-electron chi connectivity index (χ3n) is 2.89. The molecular formula is C11H19NO3. The first-order valence-corrected chi connectivity index (χ1v) is 5.50. The molecule has 0 N–H and O–H groups in total. The summed E-state index contributed by atoms with van der Waals surface area (Å²) in [5.41, 5.74) is 0. The summed E-state index contributed by atoms with van der Waals surface area (Å²) >= 11 is 0. The molecule has 0 radical (unpaired) electrons. The average Bonchev–Trinajstić information content (AvgIpc) is 2.65. The predicted molar refractivity (Wildman–Crippen MR) is 56.5 cm³/mol. The molecule has 15 heavy (non-hydrogen) atoms. The van der Waals surface area contributed by atoms with Crippen LogP contribution < -0.4 is 0 Å². The second-order valence-electron chi connectivity index (χ2n) is 3.93. The van der Waals surface area contributed by atoms with Crippen LogP contribution >= 0.6 is 0 Å². The summed E-state index contributed by atoms with van der Waals surface area (Å²) in [6.45, 7) is 6.38. The van der Waals surface area contributed by atoms with E-state index in [-0.39, 0.29) is 23.8 Å². The molecule has 0 spiro atoms. The number of nitrogens with zero attached hydrogens (tertiary/aromatic N) is 1. The van der Waals surface area contributed by atoms with E-state index in [0.29, 0.717) is 6.61 Å². The molecule has 0 aliphatic carbocycles. The van der Waals surface area contributed by atoms with E-state index in [0.717, 1.165) is 19.4 Å². The van der Waals surface area contributed by atoms with Gasteiger partial charge in [0, 0.05) is 0 Å². The number of likely N-dealkylation sites (tertiary alicyclic amines) is 1. The maximum Gasteiger partial charge on any atom is 0.323 e. The number of esters is 1. The molecule has 4 nitrogen and oxygen atoms in total. The molecular weight excluding hydrogens is 194 g/mol. The third kappa shape index (κ3) is 2.78. The summed E-state index contributed by atoms with van der Waals surface area (Å²) in [7, 11) is 0. The monoisotopic (exact) mass is 213 g/mol. The van der Waals surface area contributed by atoms with Crippen molar-refractivity contribution in [1.29, 1.82) is 0 Å². The van der Waals surface area contributed by atoms with E-state index >= 15 is 0 Å². The van der Waals surface area contributed by atoms with E-state index in [1.807, 2.05) is 4.90 Å². The van der Waals surface area contributed by atoms with E-state index < -0.39 is 0 Å². The fourth-order valence-corrected chi connectivity index (χ4v) is 2.09. The largest absolute Gasteiger partial charge is 0.465 e. The van der Waals surface area contributed by atoms with E-state index in [1.165, 1.54) is 0 Å². The van der Waals surface area contributed by atoms with Crippen molar-refractivity contribution in [3.63, 3.8) is 0 Å². The quantitative estimate of drug-likeness (QED) is 0.653. The molecule has 0 amide bonds. The van der Waals surface area contributed by atoms with Crippen molar-refractivity contribution in [2.45, 2.75) is 45.7 Å². The maximum absolute atomic E-state index is 11.5. The summed E-state index contributed by atoms with van der Waals surface area (Å²) < 4.78 is 4.95. The van der Waals surface area contributed by atoms with Crippen molar-refractivity contribution in [2.24, 2.45) is 0 Å². The Morgan fingerprint density at radius 2 is 2.20 bits per heavy atom. The summed E-state index contributed by atoms with van der Waals surface area (Å²) in [6, 6.07) is -0.397. The fraction of sp³-hybridized carbons (Fsp3) is 0.818. The normalized spacial score (nSPS) is 23.8. The molecule has 2 atom stereocenters. The van der Waals surface area contributed by atoms with Gasteiger partial charge in [-0.2, -0.15) is 0 Å². The highest BCUT2D eigenvalue weighted by Gasteiger charge is 2.34. The van der Waals surface area contributed by atoms with E-state index in [1.54, 1.807) is 20.8 Å². The highest BCUT2D eigenvalue weighted by molar-refractivity contribution is 5.83. The number of ether oxygens (including phenoxy) is 1. The highest BCUT2D eigenvalue weighted by Crippen LogP contribution is 2.21. The molecule has 0 aromatic rings. The number of hydrogen-bond donors (Lipinski definition) is 0. The molecule has 1 aliphatic heterocycles. The second-order valence-corrected chi connectivity index (χ2v) is 3.93. The second kappa shape index (κ2) is 5.26. The van der Waals surface area contributed by atoms with Crippen LogP contribution in [0, 0.1) is 0 Å². The molecule has 86 valence electrons. The first kappa shape index (κ1) is 12.2. The molecule has 0 bridgehead atoms. The van der Waals surface area contributed by atoms with Crippen LogP contribution in [-0.2, 0) is 14.3 Å². The zero-order valence-electron chi connectivity index (χ0n) is 9.66. The molecule has 1 aliphatic rings. The van der Waals surface area contributed by atoms with Crippen LogP contribution in [0.15, 0.2) is 0 Å². The Kier molecular flexibility index (Phi) is 4.27. The lowest BCUT2D eigenvalue weighted by Gasteiger charge is -2.27. The highest BCUT2D eigenvalue weighted by atomic mass is 16.5. The van der Waals surface area contributed by atoms with Crippen LogP contribution in [-0.4, -0.2) is 41.9 Å². The molecule has 1 rings (SSSR count). The summed E-state index contributed by atoms with van der Waals surface area (Å²) in [4.78, 5) is 24.8. The number of carbonyl (C=O) groups is 2. The molecule has 0 aromatic heterocycles. The number of carbonyl (C=O) groups excluding carboxylic acids is 2. The van der Waals surface area contributed by atoms with Gasteiger partial charge in [0.1, 0.15) is 11.8 Å². The van der Waals surface area contributed by atoms with Gasteiger partial charge in [0.15, 0.2) is 0 Å².